The van der Waals surface area contributed by atoms with E-state index in [-0.39, 0.29) is 5.97 Å². The van der Waals surface area contributed by atoms with Crippen molar-refractivity contribution in [3.8, 4) is 5.75 Å². The molecule has 0 heterocycles. The summed E-state index contributed by atoms with van der Waals surface area (Å²) in [4.78, 5) is 10.9. The highest BCUT2D eigenvalue weighted by atomic mass is 16.5. The maximum absolute atomic E-state index is 10.9. The van der Waals surface area contributed by atoms with Crippen molar-refractivity contribution in [2.24, 2.45) is 0 Å². The first-order valence-corrected chi connectivity index (χ1v) is 6.54. The highest BCUT2D eigenvalue weighted by Gasteiger charge is 1.95. The van der Waals surface area contributed by atoms with Crippen LogP contribution >= 0.6 is 0 Å². The monoisotopic (exact) mass is 261 g/mol. The van der Waals surface area contributed by atoms with Gasteiger partial charge in [-0.3, -0.25) is 0 Å². The Hall–Kier alpha value is -1.77. The topological polar surface area (TPSA) is 35.5 Å². The Bertz CT molecular complexity index is 393. The van der Waals surface area contributed by atoms with E-state index in [4.69, 9.17) is 4.74 Å². The highest BCUT2D eigenvalue weighted by Crippen LogP contribution is 2.14. The summed E-state index contributed by atoms with van der Waals surface area (Å²) in [7, 11) is 1.36. The van der Waals surface area contributed by atoms with Gasteiger partial charge in [-0.1, -0.05) is 38.3 Å². The summed E-state index contributed by atoms with van der Waals surface area (Å²) in [5.74, 6) is 0.496. The van der Waals surface area contributed by atoms with Gasteiger partial charge in [0.1, 0.15) is 5.75 Å². The van der Waals surface area contributed by atoms with Gasteiger partial charge in [0.25, 0.3) is 0 Å². The van der Waals surface area contributed by atoms with Gasteiger partial charge in [0.15, 0.2) is 0 Å². The van der Waals surface area contributed by atoms with Crippen LogP contribution in [0.5, 0.6) is 5.75 Å². The number of carbonyl (C=O) groups is 1. The van der Waals surface area contributed by atoms with E-state index in [1.54, 1.807) is 6.08 Å². The van der Waals surface area contributed by atoms with Crippen molar-refractivity contribution >= 4 is 12.0 Å². The Morgan fingerprint density at radius 2 is 1.95 bits per heavy atom. The molecule has 1 aromatic rings. The van der Waals surface area contributed by atoms with Gasteiger partial charge >= 0.3 is 5.97 Å². The molecule has 19 heavy (non-hydrogen) atoms. The van der Waals surface area contributed by atoms with Crippen LogP contribution in [-0.4, -0.2) is 19.7 Å². The predicted molar refractivity (Wildman–Crippen MR) is 76.8 cm³/mol. The summed E-state index contributed by atoms with van der Waals surface area (Å²) in [6, 6.07) is 7.62. The maximum atomic E-state index is 10.9. The molecule has 1 radical (unpaired) electrons. The lowest BCUT2D eigenvalue weighted by atomic mass is 10.2. The van der Waals surface area contributed by atoms with E-state index in [2.05, 4.69) is 11.7 Å². The molecule has 0 saturated heterocycles. The molecule has 103 valence electrons. The fourth-order valence-electron chi connectivity index (χ4n) is 1.55. The standard InChI is InChI=1S/C16H21O3/c1-3-4-5-6-13-19-15-10-7-14(8-11-15)9-12-16(17)18-2/h7-12H,1,3-6,13H2,2H3/b12-9+. The van der Waals surface area contributed by atoms with Crippen LogP contribution in [0.25, 0.3) is 6.08 Å². The normalized spacial score (nSPS) is 10.6. The third-order valence-corrected chi connectivity index (χ3v) is 2.66. The Kier molecular flexibility index (Phi) is 7.40. The molecular weight excluding hydrogens is 240 g/mol. The molecule has 1 aromatic carbocycles. The van der Waals surface area contributed by atoms with Crippen LogP contribution in [0.4, 0.5) is 0 Å². The summed E-state index contributed by atoms with van der Waals surface area (Å²) in [6.45, 7) is 4.54. The molecule has 0 bridgehead atoms. The van der Waals surface area contributed by atoms with Crippen molar-refractivity contribution in [3.05, 3.63) is 42.8 Å². The van der Waals surface area contributed by atoms with E-state index in [1.807, 2.05) is 24.3 Å². The molecule has 0 aliphatic rings. The molecule has 3 heteroatoms. The average molecular weight is 261 g/mol. The number of hydrogen-bond acceptors (Lipinski definition) is 3. The van der Waals surface area contributed by atoms with Gasteiger partial charge in [-0.15, -0.1) is 0 Å². The van der Waals surface area contributed by atoms with E-state index in [9.17, 15) is 4.79 Å². The molecule has 0 aromatic heterocycles. The summed E-state index contributed by atoms with van der Waals surface area (Å²) in [6.07, 6.45) is 7.46. The van der Waals surface area contributed by atoms with E-state index in [0.717, 1.165) is 43.6 Å². The maximum Gasteiger partial charge on any atom is 0.330 e. The Morgan fingerprint density at radius 1 is 1.21 bits per heavy atom. The summed E-state index contributed by atoms with van der Waals surface area (Å²) < 4.78 is 10.1. The first kappa shape index (κ1) is 15.3. The van der Waals surface area contributed by atoms with Gasteiger partial charge in [0, 0.05) is 6.08 Å². The van der Waals surface area contributed by atoms with Gasteiger partial charge in [0.2, 0.25) is 0 Å². The van der Waals surface area contributed by atoms with Crippen LogP contribution in [0.1, 0.15) is 31.2 Å². The van der Waals surface area contributed by atoms with Gasteiger partial charge in [0.05, 0.1) is 13.7 Å². The van der Waals surface area contributed by atoms with Crippen molar-refractivity contribution in [2.75, 3.05) is 13.7 Å². The van der Waals surface area contributed by atoms with Crippen molar-refractivity contribution in [1.82, 2.24) is 0 Å². The van der Waals surface area contributed by atoms with Crippen LogP contribution in [0.2, 0.25) is 0 Å². The van der Waals surface area contributed by atoms with Crippen LogP contribution in [0, 0.1) is 6.92 Å². The molecule has 0 spiro atoms. The van der Waals surface area contributed by atoms with Crippen molar-refractivity contribution in [3.63, 3.8) is 0 Å². The number of esters is 1. The fourth-order valence-corrected chi connectivity index (χ4v) is 1.55. The first-order valence-electron chi connectivity index (χ1n) is 6.54. The molecule has 0 unspecified atom stereocenters. The average Bonchev–Trinajstić information content (AvgIpc) is 2.45. The second kappa shape index (κ2) is 9.20. The third-order valence-electron chi connectivity index (χ3n) is 2.66. The molecular formula is C16H21O3. The summed E-state index contributed by atoms with van der Waals surface area (Å²) in [5.41, 5.74) is 0.940. The van der Waals surface area contributed by atoms with Crippen molar-refractivity contribution in [1.29, 1.82) is 0 Å². The van der Waals surface area contributed by atoms with Crippen molar-refractivity contribution in [2.45, 2.75) is 25.7 Å². The number of unbranched alkanes of at least 4 members (excludes halogenated alkanes) is 3. The van der Waals surface area contributed by atoms with Gasteiger partial charge in [-0.2, -0.15) is 0 Å². The molecule has 0 atom stereocenters. The Morgan fingerprint density at radius 3 is 2.58 bits per heavy atom. The van der Waals surface area contributed by atoms with Gasteiger partial charge < -0.3 is 9.47 Å². The van der Waals surface area contributed by atoms with Gasteiger partial charge in [-0.05, 0) is 30.2 Å². The number of carbonyl (C=O) groups excluding carboxylic acids is 1. The molecule has 0 fully saturated rings. The largest absolute Gasteiger partial charge is 0.494 e. The lowest BCUT2D eigenvalue weighted by molar-refractivity contribution is -0.134. The second-order valence-electron chi connectivity index (χ2n) is 4.19. The number of methoxy groups -OCH3 is 1. The van der Waals surface area contributed by atoms with Crippen LogP contribution in [-0.2, 0) is 9.53 Å². The third kappa shape index (κ3) is 6.65. The smallest absolute Gasteiger partial charge is 0.330 e. The molecule has 0 amide bonds. The highest BCUT2D eigenvalue weighted by molar-refractivity contribution is 5.86. The van der Waals surface area contributed by atoms with E-state index in [1.165, 1.54) is 13.2 Å². The lowest BCUT2D eigenvalue weighted by Crippen LogP contribution is -1.97. The molecule has 0 saturated carbocycles. The minimum Gasteiger partial charge on any atom is -0.494 e. The zero-order valence-electron chi connectivity index (χ0n) is 11.4. The Balaban J connectivity index is 2.35. The SMILES string of the molecule is [CH2]CCCCCOc1ccc(/C=C/C(=O)OC)cc1. The first-order chi connectivity index (χ1) is 9.26. The minimum atomic E-state index is -0.356. The van der Waals surface area contributed by atoms with Crippen LogP contribution in [0.15, 0.2) is 30.3 Å². The van der Waals surface area contributed by atoms with Gasteiger partial charge in [-0.25, -0.2) is 4.79 Å². The van der Waals surface area contributed by atoms with E-state index >= 15 is 0 Å². The second-order valence-corrected chi connectivity index (χ2v) is 4.19. The van der Waals surface area contributed by atoms with E-state index in [0.29, 0.717) is 0 Å². The molecule has 0 aliphatic heterocycles. The number of hydrogen-bond donors (Lipinski definition) is 0. The molecule has 1 rings (SSSR count). The fraction of sp³-hybridized carbons (Fsp3) is 0.375. The number of rotatable bonds is 8. The minimum absolute atomic E-state index is 0.356. The zero-order valence-corrected chi connectivity index (χ0v) is 11.4. The van der Waals surface area contributed by atoms with E-state index < -0.39 is 0 Å². The Labute approximate surface area is 115 Å². The molecule has 0 aliphatic carbocycles. The number of benzene rings is 1. The summed E-state index contributed by atoms with van der Waals surface area (Å²) >= 11 is 0. The molecule has 3 nitrogen and oxygen atoms in total. The van der Waals surface area contributed by atoms with Crippen molar-refractivity contribution < 1.29 is 14.3 Å². The van der Waals surface area contributed by atoms with Crippen LogP contribution in [0.3, 0.4) is 0 Å². The molecule has 0 N–H and O–H groups in total. The zero-order chi connectivity index (χ0) is 13.9. The predicted octanol–water partition coefficient (Wildman–Crippen LogP) is 3.65. The lowest BCUT2D eigenvalue weighted by Gasteiger charge is -2.05. The summed E-state index contributed by atoms with van der Waals surface area (Å²) in [5, 5.41) is 0. The quantitative estimate of drug-likeness (QED) is 0.407. The van der Waals surface area contributed by atoms with Crippen LogP contribution < -0.4 is 4.74 Å². The number of ether oxygens (including phenoxy) is 2.